The summed E-state index contributed by atoms with van der Waals surface area (Å²) in [6.07, 6.45) is 0. The lowest BCUT2D eigenvalue weighted by molar-refractivity contribution is 0.415. The maximum absolute atomic E-state index is 13.8. The van der Waals surface area contributed by atoms with Crippen molar-refractivity contribution in [2.24, 2.45) is 5.73 Å². The van der Waals surface area contributed by atoms with Gasteiger partial charge in [-0.25, -0.2) is 8.78 Å². The molecule has 0 bridgehead atoms. The summed E-state index contributed by atoms with van der Waals surface area (Å²) in [7, 11) is 1.48. The Kier molecular flexibility index (Phi) is 4.48. The third-order valence-electron chi connectivity index (χ3n) is 2.91. The van der Waals surface area contributed by atoms with E-state index in [1.54, 1.807) is 18.2 Å². The first-order valence-electron chi connectivity index (χ1n) is 5.67. The van der Waals surface area contributed by atoms with Crippen molar-refractivity contribution in [1.29, 1.82) is 0 Å². The maximum Gasteiger partial charge on any atom is 0.142 e. The van der Waals surface area contributed by atoms with Gasteiger partial charge in [0.25, 0.3) is 0 Å². The second kappa shape index (κ2) is 5.95. The van der Waals surface area contributed by atoms with Crippen molar-refractivity contribution in [3.05, 3.63) is 63.1 Å². The van der Waals surface area contributed by atoms with Crippen LogP contribution in [-0.2, 0) is 0 Å². The van der Waals surface area contributed by atoms with Crippen molar-refractivity contribution in [1.82, 2.24) is 0 Å². The van der Waals surface area contributed by atoms with Crippen molar-refractivity contribution in [3.8, 4) is 5.75 Å². The molecule has 0 fully saturated rings. The molecule has 1 unspecified atom stereocenters. The van der Waals surface area contributed by atoms with E-state index in [1.165, 1.54) is 7.11 Å². The van der Waals surface area contributed by atoms with Gasteiger partial charge in [0.05, 0.1) is 23.2 Å². The molecular formula is C14H11Cl2F2NO. The van der Waals surface area contributed by atoms with E-state index in [9.17, 15) is 8.78 Å². The number of rotatable bonds is 3. The van der Waals surface area contributed by atoms with Crippen LogP contribution in [0, 0.1) is 11.6 Å². The Bertz CT molecular complexity index is 649. The second-order valence-corrected chi connectivity index (χ2v) is 4.97. The number of methoxy groups -OCH3 is 1. The average Bonchev–Trinajstić information content (AvgIpc) is 2.42. The van der Waals surface area contributed by atoms with E-state index in [4.69, 9.17) is 33.7 Å². The minimum Gasteiger partial charge on any atom is -0.495 e. The Morgan fingerprint density at radius 2 is 1.75 bits per heavy atom. The molecule has 2 N–H and O–H groups in total. The predicted octanol–water partition coefficient (Wildman–Crippen LogP) is 4.33. The van der Waals surface area contributed by atoms with E-state index in [1.807, 2.05) is 0 Å². The standard InChI is InChI=1S/C14H11Cl2F2NO/c1-20-13-3-2-7(4-10(13)16)14(19)8-5-12(18)9(15)6-11(8)17/h2-6,14H,19H2,1H3. The SMILES string of the molecule is COc1ccc(C(N)c2cc(F)c(Cl)cc2F)cc1Cl. The number of hydrogen-bond acceptors (Lipinski definition) is 2. The molecule has 0 heterocycles. The fourth-order valence-electron chi connectivity index (χ4n) is 1.83. The van der Waals surface area contributed by atoms with E-state index in [2.05, 4.69) is 0 Å². The third-order valence-corrected chi connectivity index (χ3v) is 3.49. The van der Waals surface area contributed by atoms with Crippen LogP contribution in [0.15, 0.2) is 30.3 Å². The lowest BCUT2D eigenvalue weighted by Gasteiger charge is -2.15. The molecule has 0 saturated heterocycles. The Balaban J connectivity index is 2.43. The molecule has 2 aromatic rings. The molecule has 2 aromatic carbocycles. The summed E-state index contributed by atoms with van der Waals surface area (Å²) >= 11 is 11.5. The van der Waals surface area contributed by atoms with Gasteiger partial charge in [0.15, 0.2) is 0 Å². The molecule has 0 amide bonds. The van der Waals surface area contributed by atoms with Crippen LogP contribution >= 0.6 is 23.2 Å². The molecule has 0 aliphatic carbocycles. The molecule has 0 radical (unpaired) electrons. The molecule has 20 heavy (non-hydrogen) atoms. The summed E-state index contributed by atoms with van der Waals surface area (Å²) < 4.78 is 32.3. The van der Waals surface area contributed by atoms with Gasteiger partial charge < -0.3 is 10.5 Å². The molecule has 0 saturated carbocycles. The van der Waals surface area contributed by atoms with Crippen molar-refractivity contribution in [2.45, 2.75) is 6.04 Å². The number of halogens is 4. The quantitative estimate of drug-likeness (QED) is 0.855. The summed E-state index contributed by atoms with van der Waals surface area (Å²) in [4.78, 5) is 0. The highest BCUT2D eigenvalue weighted by Gasteiger charge is 2.17. The van der Waals surface area contributed by atoms with Gasteiger partial charge in [0.2, 0.25) is 0 Å². The summed E-state index contributed by atoms with van der Waals surface area (Å²) in [6.45, 7) is 0. The molecule has 0 spiro atoms. The number of nitrogens with two attached hydrogens (primary N) is 1. The van der Waals surface area contributed by atoms with Gasteiger partial charge in [-0.1, -0.05) is 29.3 Å². The highest BCUT2D eigenvalue weighted by Crippen LogP contribution is 2.31. The zero-order valence-electron chi connectivity index (χ0n) is 10.5. The molecule has 0 aliphatic heterocycles. The van der Waals surface area contributed by atoms with Crippen LogP contribution in [0.25, 0.3) is 0 Å². The molecule has 6 heteroatoms. The number of ether oxygens (including phenoxy) is 1. The Hall–Kier alpha value is -1.36. The van der Waals surface area contributed by atoms with Gasteiger partial charge in [0.1, 0.15) is 17.4 Å². The molecule has 0 aliphatic rings. The molecule has 2 rings (SSSR count). The Labute approximate surface area is 125 Å². The van der Waals surface area contributed by atoms with E-state index >= 15 is 0 Å². The average molecular weight is 318 g/mol. The van der Waals surface area contributed by atoms with Crippen LogP contribution in [0.5, 0.6) is 5.75 Å². The summed E-state index contributed by atoms with van der Waals surface area (Å²) in [5.74, 6) is -0.917. The predicted molar refractivity (Wildman–Crippen MR) is 75.4 cm³/mol. The van der Waals surface area contributed by atoms with Crippen LogP contribution in [-0.4, -0.2) is 7.11 Å². The van der Waals surface area contributed by atoms with Crippen LogP contribution in [0.4, 0.5) is 8.78 Å². The lowest BCUT2D eigenvalue weighted by atomic mass is 9.99. The zero-order chi connectivity index (χ0) is 14.9. The van der Waals surface area contributed by atoms with Crippen molar-refractivity contribution < 1.29 is 13.5 Å². The fourth-order valence-corrected chi connectivity index (χ4v) is 2.25. The van der Waals surface area contributed by atoms with Gasteiger partial charge in [-0.05, 0) is 29.8 Å². The van der Waals surface area contributed by atoms with E-state index in [0.29, 0.717) is 16.3 Å². The first-order chi connectivity index (χ1) is 9.43. The highest BCUT2D eigenvalue weighted by molar-refractivity contribution is 6.32. The molecular weight excluding hydrogens is 307 g/mol. The van der Waals surface area contributed by atoms with Crippen molar-refractivity contribution >= 4 is 23.2 Å². The minimum absolute atomic E-state index is 0.00753. The topological polar surface area (TPSA) is 35.2 Å². The Morgan fingerprint density at radius 3 is 2.35 bits per heavy atom. The van der Waals surface area contributed by atoms with Crippen LogP contribution in [0.1, 0.15) is 17.2 Å². The summed E-state index contributed by atoms with van der Waals surface area (Å²) in [5, 5.41) is 0.0570. The fraction of sp³-hybridized carbons (Fsp3) is 0.143. The summed E-state index contributed by atoms with van der Waals surface area (Å²) in [5.41, 5.74) is 6.49. The molecule has 0 aromatic heterocycles. The molecule has 1 atom stereocenters. The van der Waals surface area contributed by atoms with Crippen LogP contribution < -0.4 is 10.5 Å². The Morgan fingerprint density at radius 1 is 1.05 bits per heavy atom. The van der Waals surface area contributed by atoms with Gasteiger partial charge in [-0.3, -0.25) is 0 Å². The van der Waals surface area contributed by atoms with Gasteiger partial charge in [-0.15, -0.1) is 0 Å². The van der Waals surface area contributed by atoms with Crippen LogP contribution in [0.3, 0.4) is 0 Å². The van der Waals surface area contributed by atoms with Gasteiger partial charge >= 0.3 is 0 Å². The van der Waals surface area contributed by atoms with Crippen molar-refractivity contribution in [2.75, 3.05) is 7.11 Å². The molecule has 2 nitrogen and oxygen atoms in total. The van der Waals surface area contributed by atoms with Crippen LogP contribution in [0.2, 0.25) is 10.0 Å². The van der Waals surface area contributed by atoms with E-state index in [-0.39, 0.29) is 10.6 Å². The molecule has 106 valence electrons. The first-order valence-corrected chi connectivity index (χ1v) is 6.43. The van der Waals surface area contributed by atoms with Gasteiger partial charge in [-0.2, -0.15) is 0 Å². The number of benzene rings is 2. The normalized spacial score (nSPS) is 12.3. The van der Waals surface area contributed by atoms with E-state index in [0.717, 1.165) is 12.1 Å². The minimum atomic E-state index is -0.856. The monoisotopic (exact) mass is 317 g/mol. The largest absolute Gasteiger partial charge is 0.495 e. The third kappa shape index (κ3) is 2.87. The highest BCUT2D eigenvalue weighted by atomic mass is 35.5. The number of hydrogen-bond donors (Lipinski definition) is 1. The van der Waals surface area contributed by atoms with Crippen molar-refractivity contribution in [3.63, 3.8) is 0 Å². The smallest absolute Gasteiger partial charge is 0.142 e. The first kappa shape index (κ1) is 15.0. The lowest BCUT2D eigenvalue weighted by Crippen LogP contribution is -2.14. The van der Waals surface area contributed by atoms with E-state index < -0.39 is 17.7 Å². The maximum atomic E-state index is 13.8. The second-order valence-electron chi connectivity index (χ2n) is 4.16. The van der Waals surface area contributed by atoms with Gasteiger partial charge in [0, 0.05) is 5.56 Å². The zero-order valence-corrected chi connectivity index (χ0v) is 12.0. The summed E-state index contributed by atoms with van der Waals surface area (Å²) in [6, 6.07) is 5.84.